The number of hydrogen-bond donors (Lipinski definition) is 0. The van der Waals surface area contributed by atoms with Crippen molar-refractivity contribution in [2.75, 3.05) is 25.1 Å². The average molecular weight is 226 g/mol. The molecule has 0 radical (unpaired) electrons. The Kier molecular flexibility index (Phi) is 3.98. The van der Waals surface area contributed by atoms with Crippen LogP contribution in [0.2, 0.25) is 0 Å². The third-order valence-electron chi connectivity index (χ3n) is 2.17. The number of hydrogen-bond acceptors (Lipinski definition) is 6. The van der Waals surface area contributed by atoms with E-state index in [-0.39, 0.29) is 11.7 Å². The fourth-order valence-electron chi connectivity index (χ4n) is 1.33. The van der Waals surface area contributed by atoms with E-state index in [4.69, 9.17) is 4.74 Å². The Morgan fingerprint density at radius 1 is 1.50 bits per heavy atom. The molecule has 0 N–H and O–H groups in total. The molecule has 1 heterocycles. The van der Waals surface area contributed by atoms with Gasteiger partial charge in [0.15, 0.2) is 0 Å². The van der Waals surface area contributed by atoms with E-state index in [0.717, 1.165) is 0 Å². The summed E-state index contributed by atoms with van der Waals surface area (Å²) in [6.07, 6.45) is 1.17. The molecular formula is C9H14N4O3. The summed E-state index contributed by atoms with van der Waals surface area (Å²) in [5.41, 5.74) is -0.107. The molecule has 0 atom stereocenters. The van der Waals surface area contributed by atoms with Crippen molar-refractivity contribution in [3.63, 3.8) is 0 Å². The van der Waals surface area contributed by atoms with Gasteiger partial charge in [0.1, 0.15) is 6.20 Å². The molecule has 7 nitrogen and oxygen atoms in total. The maximum Gasteiger partial charge on any atom is 0.329 e. The van der Waals surface area contributed by atoms with Crippen LogP contribution in [-0.4, -0.2) is 35.1 Å². The highest BCUT2D eigenvalue weighted by atomic mass is 16.6. The lowest BCUT2D eigenvalue weighted by Gasteiger charge is -2.19. The fraction of sp³-hybridized carbons (Fsp3) is 0.556. The van der Waals surface area contributed by atoms with Crippen LogP contribution < -0.4 is 9.64 Å². The zero-order valence-corrected chi connectivity index (χ0v) is 9.51. The van der Waals surface area contributed by atoms with Crippen LogP contribution in [0, 0.1) is 10.1 Å². The van der Waals surface area contributed by atoms with Crippen LogP contribution in [0.15, 0.2) is 6.20 Å². The molecule has 1 aromatic rings. The maximum absolute atomic E-state index is 10.8. The molecule has 7 heteroatoms. The summed E-state index contributed by atoms with van der Waals surface area (Å²) in [5, 5.41) is 10.8. The molecule has 0 aliphatic heterocycles. The zero-order chi connectivity index (χ0) is 12.1. The summed E-state index contributed by atoms with van der Waals surface area (Å²) in [7, 11) is 1.42. The van der Waals surface area contributed by atoms with Crippen LogP contribution >= 0.6 is 0 Å². The third-order valence-corrected chi connectivity index (χ3v) is 2.17. The van der Waals surface area contributed by atoms with E-state index in [2.05, 4.69) is 9.97 Å². The first-order valence-electron chi connectivity index (χ1n) is 4.94. The number of methoxy groups -OCH3 is 1. The quantitative estimate of drug-likeness (QED) is 0.555. The first-order chi connectivity index (χ1) is 7.63. The predicted octanol–water partition coefficient (Wildman–Crippen LogP) is 1.24. The van der Waals surface area contributed by atoms with Gasteiger partial charge in [-0.05, 0) is 13.8 Å². The minimum Gasteiger partial charge on any atom is -0.467 e. The molecule has 1 rings (SSSR count). The second kappa shape index (κ2) is 5.24. The molecule has 16 heavy (non-hydrogen) atoms. The lowest BCUT2D eigenvalue weighted by molar-refractivity contribution is -0.384. The Labute approximate surface area is 93.2 Å². The zero-order valence-electron chi connectivity index (χ0n) is 9.51. The number of rotatable bonds is 5. The van der Waals surface area contributed by atoms with Gasteiger partial charge >= 0.3 is 11.7 Å². The van der Waals surface area contributed by atoms with Crippen LogP contribution in [-0.2, 0) is 0 Å². The normalized spacial score (nSPS) is 9.94. The number of nitrogens with zero attached hydrogens (tertiary/aromatic N) is 4. The van der Waals surface area contributed by atoms with Crippen LogP contribution in [0.25, 0.3) is 0 Å². The minimum atomic E-state index is -0.493. The highest BCUT2D eigenvalue weighted by molar-refractivity contribution is 5.56. The van der Waals surface area contributed by atoms with Crippen molar-refractivity contribution in [2.24, 2.45) is 0 Å². The third kappa shape index (κ3) is 2.36. The second-order valence-electron chi connectivity index (χ2n) is 2.99. The maximum atomic E-state index is 10.8. The summed E-state index contributed by atoms with van der Waals surface area (Å²) in [6.45, 7) is 5.08. The Morgan fingerprint density at radius 3 is 2.56 bits per heavy atom. The van der Waals surface area contributed by atoms with Crippen molar-refractivity contribution in [1.82, 2.24) is 9.97 Å². The Balaban J connectivity index is 3.24. The van der Waals surface area contributed by atoms with Crippen LogP contribution in [0.5, 0.6) is 6.01 Å². The van der Waals surface area contributed by atoms with E-state index in [1.54, 1.807) is 4.90 Å². The molecule has 0 spiro atoms. The first-order valence-corrected chi connectivity index (χ1v) is 4.94. The highest BCUT2D eigenvalue weighted by Crippen LogP contribution is 2.26. The fourth-order valence-corrected chi connectivity index (χ4v) is 1.33. The Bertz CT molecular complexity index is 379. The molecule has 0 aliphatic rings. The summed E-state index contributed by atoms with van der Waals surface area (Å²) in [4.78, 5) is 19.8. The number of anilines is 1. The second-order valence-corrected chi connectivity index (χ2v) is 2.99. The molecule has 0 saturated heterocycles. The van der Waals surface area contributed by atoms with E-state index in [1.807, 2.05) is 13.8 Å². The van der Waals surface area contributed by atoms with Gasteiger partial charge in [-0.15, -0.1) is 0 Å². The summed E-state index contributed by atoms with van der Waals surface area (Å²) in [6, 6.07) is 0.132. The number of nitro groups is 1. The molecule has 0 aromatic carbocycles. The summed E-state index contributed by atoms with van der Waals surface area (Å²) in [5.74, 6) is 0.293. The van der Waals surface area contributed by atoms with Gasteiger partial charge in [0.25, 0.3) is 0 Å². The van der Waals surface area contributed by atoms with Gasteiger partial charge in [-0.25, -0.2) is 0 Å². The van der Waals surface area contributed by atoms with Crippen molar-refractivity contribution in [3.05, 3.63) is 16.3 Å². The molecule has 0 fully saturated rings. The molecule has 0 bridgehead atoms. The molecule has 0 saturated carbocycles. The van der Waals surface area contributed by atoms with Gasteiger partial charge in [0.05, 0.1) is 12.0 Å². The van der Waals surface area contributed by atoms with Gasteiger partial charge < -0.3 is 9.64 Å². The lowest BCUT2D eigenvalue weighted by Crippen LogP contribution is -2.24. The van der Waals surface area contributed by atoms with Crippen molar-refractivity contribution >= 4 is 11.5 Å². The highest BCUT2D eigenvalue weighted by Gasteiger charge is 2.21. The smallest absolute Gasteiger partial charge is 0.329 e. The molecule has 1 aromatic heterocycles. The predicted molar refractivity (Wildman–Crippen MR) is 58.8 cm³/mol. The molecule has 0 amide bonds. The SMILES string of the molecule is CCN(CC)c1nc(OC)ncc1[N+](=O)[O-]. The average Bonchev–Trinajstić information content (AvgIpc) is 2.30. The van der Waals surface area contributed by atoms with Crippen molar-refractivity contribution in [1.29, 1.82) is 0 Å². The largest absolute Gasteiger partial charge is 0.467 e. The van der Waals surface area contributed by atoms with Crippen LogP contribution in [0.4, 0.5) is 11.5 Å². The Hall–Kier alpha value is -1.92. The van der Waals surface area contributed by atoms with Gasteiger partial charge in [-0.2, -0.15) is 9.97 Å². The van der Waals surface area contributed by atoms with Gasteiger partial charge in [-0.3, -0.25) is 10.1 Å². The van der Waals surface area contributed by atoms with Gasteiger partial charge in [0, 0.05) is 13.1 Å². The standard InChI is InChI=1S/C9H14N4O3/c1-4-12(5-2)8-7(13(14)15)6-10-9(11-8)16-3/h6H,4-5H2,1-3H3. The molecular weight excluding hydrogens is 212 g/mol. The van der Waals surface area contributed by atoms with E-state index in [1.165, 1.54) is 13.3 Å². The van der Waals surface area contributed by atoms with Crippen molar-refractivity contribution < 1.29 is 9.66 Å². The van der Waals surface area contributed by atoms with E-state index < -0.39 is 4.92 Å². The van der Waals surface area contributed by atoms with Gasteiger partial charge in [0.2, 0.25) is 5.82 Å². The van der Waals surface area contributed by atoms with Crippen LogP contribution in [0.3, 0.4) is 0 Å². The van der Waals surface area contributed by atoms with E-state index >= 15 is 0 Å². The topological polar surface area (TPSA) is 81.4 Å². The molecule has 0 unspecified atom stereocenters. The molecule has 0 aliphatic carbocycles. The summed E-state index contributed by atoms with van der Waals surface area (Å²) < 4.78 is 4.86. The number of ether oxygens (including phenoxy) is 1. The first kappa shape index (κ1) is 12.2. The minimum absolute atomic E-state index is 0.107. The van der Waals surface area contributed by atoms with Crippen molar-refractivity contribution in [3.8, 4) is 6.01 Å². The lowest BCUT2D eigenvalue weighted by atomic mass is 10.4. The monoisotopic (exact) mass is 226 g/mol. The summed E-state index contributed by atoms with van der Waals surface area (Å²) >= 11 is 0. The molecule has 88 valence electrons. The van der Waals surface area contributed by atoms with E-state index in [9.17, 15) is 10.1 Å². The number of aromatic nitrogens is 2. The van der Waals surface area contributed by atoms with Crippen LogP contribution in [0.1, 0.15) is 13.8 Å². The Morgan fingerprint density at radius 2 is 2.12 bits per heavy atom. The van der Waals surface area contributed by atoms with Crippen molar-refractivity contribution in [2.45, 2.75) is 13.8 Å². The van der Waals surface area contributed by atoms with Gasteiger partial charge in [-0.1, -0.05) is 0 Å². The van der Waals surface area contributed by atoms with E-state index in [0.29, 0.717) is 18.9 Å².